The molecule has 0 aliphatic carbocycles. The molecule has 0 unspecified atom stereocenters. The number of non-ortho nitro benzene ring substituents is 1. The first-order valence-electron chi connectivity index (χ1n) is 8.21. The molecule has 10 heteroatoms. The smallest absolute Gasteiger partial charge is 0.271 e. The van der Waals surface area contributed by atoms with Crippen LogP contribution < -0.4 is 5.32 Å². The Balaban J connectivity index is 1.82. The first-order valence-corrected chi connectivity index (χ1v) is 9.34. The van der Waals surface area contributed by atoms with Gasteiger partial charge in [0.25, 0.3) is 11.6 Å². The van der Waals surface area contributed by atoms with Crippen LogP contribution in [0.3, 0.4) is 0 Å². The molecule has 1 N–H and O–H groups in total. The van der Waals surface area contributed by atoms with Crippen LogP contribution in [0.4, 0.5) is 11.4 Å². The van der Waals surface area contributed by atoms with Crippen LogP contribution in [0.1, 0.15) is 5.76 Å². The van der Waals surface area contributed by atoms with Gasteiger partial charge in [0.15, 0.2) is 0 Å². The highest BCUT2D eigenvalue weighted by Crippen LogP contribution is 2.32. The minimum absolute atomic E-state index is 0.0347. The number of carbonyl (C=O) groups is 1. The van der Waals surface area contributed by atoms with Gasteiger partial charge in [-0.25, -0.2) is 0 Å². The summed E-state index contributed by atoms with van der Waals surface area (Å²) in [6.45, 7) is 0. The topological polar surface area (TPSA) is 109 Å². The van der Waals surface area contributed by atoms with Crippen molar-refractivity contribution in [2.24, 2.45) is 0 Å². The fraction of sp³-hybridized carbons (Fsp3) is 0. The quantitative estimate of drug-likeness (QED) is 0.205. The summed E-state index contributed by atoms with van der Waals surface area (Å²) in [5, 5.41) is 23.4. The van der Waals surface area contributed by atoms with Crippen LogP contribution in [0.2, 0.25) is 15.1 Å². The maximum atomic E-state index is 12.4. The van der Waals surface area contributed by atoms with Gasteiger partial charge in [0.1, 0.15) is 23.2 Å². The number of anilines is 1. The molecular weight excluding hydrogens is 453 g/mol. The predicted molar refractivity (Wildman–Crippen MR) is 114 cm³/mol. The van der Waals surface area contributed by atoms with E-state index in [1.807, 2.05) is 0 Å². The average molecular weight is 463 g/mol. The van der Waals surface area contributed by atoms with Gasteiger partial charge in [0, 0.05) is 28.8 Å². The molecular formula is C20H10Cl3N3O4. The second-order valence-electron chi connectivity index (χ2n) is 5.87. The molecule has 0 bridgehead atoms. The summed E-state index contributed by atoms with van der Waals surface area (Å²) < 4.78 is 5.65. The average Bonchev–Trinajstić information content (AvgIpc) is 3.15. The number of furan rings is 1. The minimum Gasteiger partial charge on any atom is -0.457 e. The van der Waals surface area contributed by atoms with E-state index in [1.54, 1.807) is 36.4 Å². The number of nitro groups is 1. The number of rotatable bonds is 5. The standard InChI is InChI=1S/C20H10Cl3N3O4/c21-12-1-4-15(16(22)8-12)19-6-3-14(30-19)7-11(10-24)20(27)25-18-5-2-13(26(28)29)9-17(18)23/h1-9H,(H,25,27). The van der Waals surface area contributed by atoms with Crippen molar-refractivity contribution in [3.05, 3.63) is 85.0 Å². The highest BCUT2D eigenvalue weighted by atomic mass is 35.5. The van der Waals surface area contributed by atoms with Crippen LogP contribution in [-0.4, -0.2) is 10.8 Å². The lowest BCUT2D eigenvalue weighted by molar-refractivity contribution is -0.384. The largest absolute Gasteiger partial charge is 0.457 e. The molecule has 1 aromatic heterocycles. The third-order valence-electron chi connectivity index (χ3n) is 3.89. The van der Waals surface area contributed by atoms with Gasteiger partial charge in [-0.05, 0) is 36.4 Å². The van der Waals surface area contributed by atoms with Crippen molar-refractivity contribution in [1.82, 2.24) is 0 Å². The Morgan fingerprint density at radius 2 is 1.87 bits per heavy atom. The molecule has 0 spiro atoms. The van der Waals surface area contributed by atoms with Crippen LogP contribution in [-0.2, 0) is 4.79 Å². The maximum absolute atomic E-state index is 12.4. The number of hydrogen-bond acceptors (Lipinski definition) is 5. The van der Waals surface area contributed by atoms with E-state index in [0.717, 1.165) is 6.07 Å². The molecule has 0 radical (unpaired) electrons. The third-order valence-corrected chi connectivity index (χ3v) is 4.75. The summed E-state index contributed by atoms with van der Waals surface area (Å²) in [5.41, 5.74) is 0.244. The zero-order valence-electron chi connectivity index (χ0n) is 14.9. The zero-order valence-corrected chi connectivity index (χ0v) is 17.1. The Hall–Kier alpha value is -3.31. The summed E-state index contributed by atoms with van der Waals surface area (Å²) in [7, 11) is 0. The molecule has 0 aliphatic rings. The minimum atomic E-state index is -0.754. The monoisotopic (exact) mass is 461 g/mol. The fourth-order valence-electron chi connectivity index (χ4n) is 2.46. The Bertz CT molecular complexity index is 1230. The molecule has 0 saturated carbocycles. The summed E-state index contributed by atoms with van der Waals surface area (Å²) in [6, 6.07) is 13.5. The number of carbonyl (C=O) groups excluding carboxylic acids is 1. The third kappa shape index (κ3) is 4.81. The SMILES string of the molecule is N#CC(=Cc1ccc(-c2ccc(Cl)cc2Cl)o1)C(=O)Nc1ccc([N+](=O)[O-])cc1Cl. The summed E-state index contributed by atoms with van der Waals surface area (Å²) in [5.74, 6) is -0.0766. The Kier molecular flexibility index (Phi) is 6.43. The lowest BCUT2D eigenvalue weighted by Gasteiger charge is -2.06. The lowest BCUT2D eigenvalue weighted by Crippen LogP contribution is -2.13. The number of hydrogen-bond donors (Lipinski definition) is 1. The van der Waals surface area contributed by atoms with Gasteiger partial charge in [-0.3, -0.25) is 14.9 Å². The Labute approximate surface area is 185 Å². The number of halogens is 3. The molecule has 30 heavy (non-hydrogen) atoms. The van der Waals surface area contributed by atoms with Crippen molar-refractivity contribution in [1.29, 1.82) is 5.26 Å². The molecule has 3 aromatic rings. The highest BCUT2D eigenvalue weighted by molar-refractivity contribution is 6.36. The van der Waals surface area contributed by atoms with Crippen molar-refractivity contribution < 1.29 is 14.1 Å². The predicted octanol–water partition coefficient (Wildman–Crippen LogP) is 6.36. The van der Waals surface area contributed by atoms with E-state index in [2.05, 4.69) is 5.32 Å². The summed E-state index contributed by atoms with van der Waals surface area (Å²) in [6.07, 6.45) is 1.25. The molecule has 0 saturated heterocycles. The molecule has 2 aromatic carbocycles. The highest BCUT2D eigenvalue weighted by Gasteiger charge is 2.16. The molecule has 0 atom stereocenters. The second-order valence-corrected chi connectivity index (χ2v) is 7.12. The Morgan fingerprint density at radius 3 is 2.50 bits per heavy atom. The number of amides is 1. The molecule has 1 heterocycles. The van der Waals surface area contributed by atoms with Crippen molar-refractivity contribution in [2.45, 2.75) is 0 Å². The second kappa shape index (κ2) is 9.01. The van der Waals surface area contributed by atoms with E-state index in [-0.39, 0.29) is 27.7 Å². The van der Waals surface area contributed by atoms with E-state index in [1.165, 1.54) is 18.2 Å². The maximum Gasteiger partial charge on any atom is 0.271 e. The number of nitro benzene ring substituents is 1. The van der Waals surface area contributed by atoms with Gasteiger partial charge in [-0.15, -0.1) is 0 Å². The van der Waals surface area contributed by atoms with Crippen LogP contribution in [0.15, 0.2) is 58.5 Å². The van der Waals surface area contributed by atoms with Crippen LogP contribution in [0.5, 0.6) is 0 Å². The summed E-state index contributed by atoms with van der Waals surface area (Å²) in [4.78, 5) is 22.6. The van der Waals surface area contributed by atoms with Gasteiger partial charge < -0.3 is 9.73 Å². The van der Waals surface area contributed by atoms with Crippen molar-refractivity contribution in [3.8, 4) is 17.4 Å². The van der Waals surface area contributed by atoms with E-state index >= 15 is 0 Å². The van der Waals surface area contributed by atoms with Crippen molar-refractivity contribution in [3.63, 3.8) is 0 Å². The molecule has 3 rings (SSSR count). The number of benzene rings is 2. The fourth-order valence-corrected chi connectivity index (χ4v) is 3.19. The number of nitrogens with one attached hydrogen (secondary N) is 1. The van der Waals surface area contributed by atoms with Gasteiger partial charge in [0.05, 0.1) is 20.7 Å². The van der Waals surface area contributed by atoms with E-state index < -0.39 is 10.8 Å². The Morgan fingerprint density at radius 1 is 1.10 bits per heavy atom. The first kappa shape index (κ1) is 21.4. The van der Waals surface area contributed by atoms with E-state index in [4.69, 9.17) is 39.2 Å². The molecule has 0 fully saturated rings. The van der Waals surface area contributed by atoms with Gasteiger partial charge in [-0.1, -0.05) is 34.8 Å². The molecule has 1 amide bonds. The zero-order chi connectivity index (χ0) is 21.8. The molecule has 0 aliphatic heterocycles. The van der Waals surface area contributed by atoms with E-state index in [0.29, 0.717) is 21.4 Å². The first-order chi connectivity index (χ1) is 14.3. The number of nitrogens with zero attached hydrogens (tertiary/aromatic N) is 2. The van der Waals surface area contributed by atoms with Crippen LogP contribution in [0.25, 0.3) is 17.4 Å². The van der Waals surface area contributed by atoms with Crippen LogP contribution >= 0.6 is 34.8 Å². The molecule has 150 valence electrons. The van der Waals surface area contributed by atoms with Crippen LogP contribution in [0, 0.1) is 21.4 Å². The summed E-state index contributed by atoms with van der Waals surface area (Å²) >= 11 is 18.0. The van der Waals surface area contributed by atoms with Crippen molar-refractivity contribution in [2.75, 3.05) is 5.32 Å². The lowest BCUT2D eigenvalue weighted by atomic mass is 10.2. The van der Waals surface area contributed by atoms with E-state index in [9.17, 15) is 20.2 Å². The van der Waals surface area contributed by atoms with Gasteiger partial charge in [0.2, 0.25) is 0 Å². The van der Waals surface area contributed by atoms with Crippen molar-refractivity contribution >= 4 is 58.2 Å². The molecule has 7 nitrogen and oxygen atoms in total. The van der Waals surface area contributed by atoms with Gasteiger partial charge in [-0.2, -0.15) is 5.26 Å². The van der Waals surface area contributed by atoms with Gasteiger partial charge >= 0.3 is 0 Å². The normalized spacial score (nSPS) is 11.1. The number of nitriles is 1.